The van der Waals surface area contributed by atoms with Crippen molar-refractivity contribution < 1.29 is 13.2 Å². The lowest BCUT2D eigenvalue weighted by Gasteiger charge is -2.39. The molecule has 0 radical (unpaired) electrons. The Bertz CT molecular complexity index is 382. The van der Waals surface area contributed by atoms with Gasteiger partial charge in [-0.3, -0.25) is 4.79 Å². The van der Waals surface area contributed by atoms with Gasteiger partial charge >= 0.3 is 0 Å². The average Bonchev–Trinajstić information content (AvgIpc) is 2.25. The zero-order valence-corrected chi connectivity index (χ0v) is 11.4. The zero-order chi connectivity index (χ0) is 13.2. The van der Waals surface area contributed by atoms with Crippen LogP contribution in [0.25, 0.3) is 0 Å². The van der Waals surface area contributed by atoms with Crippen molar-refractivity contribution in [3.05, 3.63) is 0 Å². The van der Waals surface area contributed by atoms with Gasteiger partial charge in [0.15, 0.2) is 0 Å². The van der Waals surface area contributed by atoms with Gasteiger partial charge in [-0.15, -0.1) is 0 Å². The van der Waals surface area contributed by atoms with E-state index in [1.165, 1.54) is 10.6 Å². The highest BCUT2D eigenvalue weighted by atomic mass is 32.2. The quantitative estimate of drug-likeness (QED) is 0.723. The van der Waals surface area contributed by atoms with Gasteiger partial charge in [0, 0.05) is 25.7 Å². The van der Waals surface area contributed by atoms with Crippen molar-refractivity contribution in [1.82, 2.24) is 9.21 Å². The molecule has 1 aliphatic rings. The van der Waals surface area contributed by atoms with Crippen LogP contribution < -0.4 is 5.73 Å². The summed E-state index contributed by atoms with van der Waals surface area (Å²) in [6.45, 7) is 4.85. The van der Waals surface area contributed by atoms with Gasteiger partial charge in [0.25, 0.3) is 0 Å². The van der Waals surface area contributed by atoms with Crippen molar-refractivity contribution in [2.75, 3.05) is 25.9 Å². The summed E-state index contributed by atoms with van der Waals surface area (Å²) in [5.74, 6) is -0.0903. The van der Waals surface area contributed by atoms with Gasteiger partial charge < -0.3 is 10.6 Å². The topological polar surface area (TPSA) is 83.7 Å². The van der Waals surface area contributed by atoms with Crippen LogP contribution in [0, 0.1) is 0 Å². The molecule has 100 valence electrons. The number of nitrogens with two attached hydrogens (primary N) is 1. The third kappa shape index (κ3) is 3.40. The van der Waals surface area contributed by atoms with Crippen LogP contribution in [0.5, 0.6) is 0 Å². The monoisotopic (exact) mass is 263 g/mol. The van der Waals surface area contributed by atoms with Crippen molar-refractivity contribution in [3.63, 3.8) is 0 Å². The number of carbonyl (C=O) groups excluding carboxylic acids is 1. The Morgan fingerprint density at radius 3 is 2.47 bits per heavy atom. The number of sulfonamides is 1. The first kappa shape index (κ1) is 14.4. The van der Waals surface area contributed by atoms with E-state index in [1.807, 2.05) is 6.92 Å². The molecular formula is C10H21N3O3S. The van der Waals surface area contributed by atoms with Crippen LogP contribution in [-0.4, -0.2) is 61.5 Å². The van der Waals surface area contributed by atoms with Gasteiger partial charge in [-0.25, -0.2) is 8.42 Å². The summed E-state index contributed by atoms with van der Waals surface area (Å²) in [5, 5.41) is 0. The second kappa shape index (κ2) is 5.32. The lowest BCUT2D eigenvalue weighted by atomic mass is 10.1. The van der Waals surface area contributed by atoms with Gasteiger partial charge in [-0.2, -0.15) is 4.31 Å². The molecule has 2 atom stereocenters. The minimum absolute atomic E-state index is 0.0903. The number of rotatable bonds is 3. The fourth-order valence-corrected chi connectivity index (χ4v) is 3.18. The van der Waals surface area contributed by atoms with Gasteiger partial charge in [0.1, 0.15) is 0 Å². The fourth-order valence-electron chi connectivity index (χ4n) is 2.04. The summed E-state index contributed by atoms with van der Waals surface area (Å²) in [5.41, 5.74) is 5.69. The molecule has 0 aromatic carbocycles. The first-order valence-corrected chi connectivity index (χ1v) is 7.63. The van der Waals surface area contributed by atoms with E-state index < -0.39 is 16.1 Å². The lowest BCUT2D eigenvalue weighted by Crippen LogP contribution is -2.57. The van der Waals surface area contributed by atoms with Gasteiger partial charge in [0.05, 0.1) is 12.3 Å². The van der Waals surface area contributed by atoms with Crippen molar-refractivity contribution in [2.24, 2.45) is 5.73 Å². The molecule has 0 spiro atoms. The SMILES string of the molecule is CC[C@H](N)C(=O)N1CCN(S(C)(=O)=O)[C@@H](C)C1. The van der Waals surface area contributed by atoms with E-state index in [1.54, 1.807) is 11.8 Å². The Morgan fingerprint density at radius 2 is 2.06 bits per heavy atom. The van der Waals surface area contributed by atoms with Crippen molar-refractivity contribution in [1.29, 1.82) is 0 Å². The standard InChI is InChI=1S/C10H21N3O3S/c1-4-9(11)10(14)12-5-6-13(8(2)7-12)17(3,15)16/h8-9H,4-7,11H2,1-3H3/t8-,9-/m0/s1. The van der Waals surface area contributed by atoms with Crippen LogP contribution in [0.15, 0.2) is 0 Å². The molecule has 17 heavy (non-hydrogen) atoms. The van der Waals surface area contributed by atoms with Gasteiger partial charge in [-0.05, 0) is 13.3 Å². The first-order valence-electron chi connectivity index (χ1n) is 5.78. The molecule has 0 saturated carbocycles. The van der Waals surface area contributed by atoms with Crippen molar-refractivity contribution >= 4 is 15.9 Å². The molecule has 7 heteroatoms. The smallest absolute Gasteiger partial charge is 0.239 e. The third-order valence-corrected chi connectivity index (χ3v) is 4.46. The highest BCUT2D eigenvalue weighted by Gasteiger charge is 2.32. The van der Waals surface area contributed by atoms with E-state index in [0.29, 0.717) is 26.1 Å². The van der Waals surface area contributed by atoms with Crippen molar-refractivity contribution in [3.8, 4) is 0 Å². The predicted octanol–water partition coefficient (Wildman–Crippen LogP) is -0.784. The van der Waals surface area contributed by atoms with E-state index in [0.717, 1.165) is 0 Å². The van der Waals surface area contributed by atoms with Gasteiger partial charge in [0.2, 0.25) is 15.9 Å². The first-order chi connectivity index (χ1) is 7.77. The minimum atomic E-state index is -3.19. The number of hydrogen-bond donors (Lipinski definition) is 1. The summed E-state index contributed by atoms with van der Waals surface area (Å²) < 4.78 is 24.3. The van der Waals surface area contributed by atoms with Crippen LogP contribution in [0.1, 0.15) is 20.3 Å². The molecule has 1 fully saturated rings. The predicted molar refractivity (Wildman–Crippen MR) is 65.9 cm³/mol. The summed E-state index contributed by atoms with van der Waals surface area (Å²) in [6.07, 6.45) is 1.79. The number of hydrogen-bond acceptors (Lipinski definition) is 4. The van der Waals surface area contributed by atoms with Crippen LogP contribution >= 0.6 is 0 Å². The van der Waals surface area contributed by atoms with Crippen LogP contribution in [-0.2, 0) is 14.8 Å². The Labute approximate surface area is 103 Å². The summed E-state index contributed by atoms with van der Waals surface area (Å²) in [4.78, 5) is 13.5. The maximum absolute atomic E-state index is 11.9. The highest BCUT2D eigenvalue weighted by molar-refractivity contribution is 7.88. The minimum Gasteiger partial charge on any atom is -0.338 e. The van der Waals surface area contributed by atoms with E-state index >= 15 is 0 Å². The molecular weight excluding hydrogens is 242 g/mol. The molecule has 0 aromatic heterocycles. The second-order valence-electron chi connectivity index (χ2n) is 4.52. The summed E-state index contributed by atoms with van der Waals surface area (Å²) >= 11 is 0. The maximum atomic E-state index is 11.9. The molecule has 2 N–H and O–H groups in total. The van der Waals surface area contributed by atoms with Crippen LogP contribution in [0.2, 0.25) is 0 Å². The molecule has 6 nitrogen and oxygen atoms in total. The number of nitrogens with zero attached hydrogens (tertiary/aromatic N) is 2. The molecule has 0 bridgehead atoms. The van der Waals surface area contributed by atoms with Crippen LogP contribution in [0.3, 0.4) is 0 Å². The normalized spacial score (nSPS) is 24.7. The largest absolute Gasteiger partial charge is 0.338 e. The van der Waals surface area contributed by atoms with E-state index in [9.17, 15) is 13.2 Å². The van der Waals surface area contributed by atoms with E-state index in [-0.39, 0.29) is 11.9 Å². The van der Waals surface area contributed by atoms with Gasteiger partial charge in [-0.1, -0.05) is 6.92 Å². The number of carbonyl (C=O) groups is 1. The Kier molecular flexibility index (Phi) is 4.51. The van der Waals surface area contributed by atoms with Crippen molar-refractivity contribution in [2.45, 2.75) is 32.4 Å². The number of amides is 1. The molecule has 1 aliphatic heterocycles. The second-order valence-corrected chi connectivity index (χ2v) is 6.46. The summed E-state index contributed by atoms with van der Waals surface area (Å²) in [6, 6.07) is -0.668. The van der Waals surface area contributed by atoms with Crippen LogP contribution in [0.4, 0.5) is 0 Å². The third-order valence-electron chi connectivity index (χ3n) is 3.06. The summed E-state index contributed by atoms with van der Waals surface area (Å²) in [7, 11) is -3.19. The number of piperazine rings is 1. The molecule has 1 rings (SSSR count). The average molecular weight is 263 g/mol. The van der Waals surface area contributed by atoms with E-state index in [2.05, 4.69) is 0 Å². The molecule has 0 aliphatic carbocycles. The Hall–Kier alpha value is -0.660. The highest BCUT2D eigenvalue weighted by Crippen LogP contribution is 2.14. The molecule has 0 unspecified atom stereocenters. The molecule has 0 aromatic rings. The molecule has 1 saturated heterocycles. The molecule has 1 heterocycles. The Morgan fingerprint density at radius 1 is 1.47 bits per heavy atom. The zero-order valence-electron chi connectivity index (χ0n) is 10.6. The Balaban J connectivity index is 2.67. The van der Waals surface area contributed by atoms with E-state index in [4.69, 9.17) is 5.73 Å². The molecule has 1 amide bonds. The maximum Gasteiger partial charge on any atom is 0.239 e. The lowest BCUT2D eigenvalue weighted by molar-refractivity contribution is -0.134. The fraction of sp³-hybridized carbons (Fsp3) is 0.900.